The summed E-state index contributed by atoms with van der Waals surface area (Å²) in [7, 11) is 0. The molecule has 1 rings (SSSR count). The van der Waals surface area contributed by atoms with Gasteiger partial charge in [-0.05, 0) is 6.42 Å². The molecular weight excluding hydrogens is 218 g/mol. The summed E-state index contributed by atoms with van der Waals surface area (Å²) >= 11 is 2.88. The summed E-state index contributed by atoms with van der Waals surface area (Å²) in [6, 6.07) is 0. The van der Waals surface area contributed by atoms with Crippen LogP contribution in [0, 0.1) is 0 Å². The molecule has 4 nitrogen and oxygen atoms in total. The lowest BCUT2D eigenvalue weighted by atomic mass is 10.3. The number of thioether (sulfide) groups is 1. The van der Waals surface area contributed by atoms with Crippen LogP contribution in [0.2, 0.25) is 0 Å². The minimum atomic E-state index is 0.0682. The first-order valence-corrected chi connectivity index (χ1v) is 6.35. The van der Waals surface area contributed by atoms with E-state index >= 15 is 0 Å². The van der Waals surface area contributed by atoms with Crippen molar-refractivity contribution in [3.63, 3.8) is 0 Å². The second-order valence-electron chi connectivity index (χ2n) is 2.70. The van der Waals surface area contributed by atoms with Crippen LogP contribution in [-0.4, -0.2) is 28.4 Å². The first-order chi connectivity index (χ1) is 6.83. The van der Waals surface area contributed by atoms with Crippen molar-refractivity contribution in [2.24, 2.45) is 0 Å². The van der Waals surface area contributed by atoms with Crippen molar-refractivity contribution in [3.8, 4) is 0 Å². The normalized spacial score (nSPS) is 10.1. The molecule has 0 aromatic carbocycles. The number of hydrogen-bond acceptors (Lipinski definition) is 5. The fraction of sp³-hybridized carbons (Fsp3) is 0.625. The van der Waals surface area contributed by atoms with E-state index in [1.54, 1.807) is 5.51 Å². The number of aromatic nitrogens is 2. The minimum Gasteiger partial charge on any atom is -0.355 e. The van der Waals surface area contributed by atoms with Crippen LogP contribution in [0.4, 0.5) is 0 Å². The Morgan fingerprint density at radius 3 is 3.21 bits per heavy atom. The maximum absolute atomic E-state index is 11.2. The highest BCUT2D eigenvalue weighted by atomic mass is 32.2. The molecule has 1 aromatic heterocycles. The van der Waals surface area contributed by atoms with E-state index in [-0.39, 0.29) is 5.91 Å². The van der Waals surface area contributed by atoms with Crippen molar-refractivity contribution in [1.82, 2.24) is 15.5 Å². The number of rotatable bonds is 6. The molecule has 1 amide bonds. The van der Waals surface area contributed by atoms with E-state index in [9.17, 15) is 4.79 Å². The van der Waals surface area contributed by atoms with E-state index in [1.807, 2.05) is 0 Å². The SMILES string of the molecule is CCCCNC(=O)CSc1nncs1. The first-order valence-electron chi connectivity index (χ1n) is 4.48. The standard InChI is InChI=1S/C8H13N3OS2/c1-2-3-4-9-7(12)5-13-8-11-10-6-14-8/h6H,2-5H2,1H3,(H,9,12). The lowest BCUT2D eigenvalue weighted by molar-refractivity contribution is -0.118. The van der Waals surface area contributed by atoms with E-state index in [0.717, 1.165) is 23.7 Å². The molecule has 78 valence electrons. The summed E-state index contributed by atoms with van der Waals surface area (Å²) in [5, 5.41) is 10.4. The van der Waals surface area contributed by atoms with E-state index in [1.165, 1.54) is 23.1 Å². The van der Waals surface area contributed by atoms with Gasteiger partial charge in [-0.15, -0.1) is 10.2 Å². The molecule has 1 N–H and O–H groups in total. The van der Waals surface area contributed by atoms with Crippen molar-refractivity contribution in [2.75, 3.05) is 12.3 Å². The van der Waals surface area contributed by atoms with Crippen LogP contribution in [0.15, 0.2) is 9.85 Å². The third kappa shape index (κ3) is 4.57. The van der Waals surface area contributed by atoms with Gasteiger partial charge < -0.3 is 5.32 Å². The Kier molecular flexibility index (Phi) is 5.55. The van der Waals surface area contributed by atoms with Crippen molar-refractivity contribution in [1.29, 1.82) is 0 Å². The van der Waals surface area contributed by atoms with Crippen LogP contribution in [0.5, 0.6) is 0 Å². The van der Waals surface area contributed by atoms with Crippen LogP contribution in [-0.2, 0) is 4.79 Å². The van der Waals surface area contributed by atoms with Crippen LogP contribution in [0.1, 0.15) is 19.8 Å². The average molecular weight is 231 g/mol. The number of hydrogen-bond donors (Lipinski definition) is 1. The largest absolute Gasteiger partial charge is 0.355 e. The smallest absolute Gasteiger partial charge is 0.230 e. The van der Waals surface area contributed by atoms with E-state index in [4.69, 9.17) is 0 Å². The quantitative estimate of drug-likeness (QED) is 0.596. The zero-order chi connectivity index (χ0) is 10.2. The van der Waals surface area contributed by atoms with Gasteiger partial charge >= 0.3 is 0 Å². The first kappa shape index (κ1) is 11.5. The molecule has 0 unspecified atom stereocenters. The molecule has 0 saturated carbocycles. The minimum absolute atomic E-state index is 0.0682. The zero-order valence-electron chi connectivity index (χ0n) is 8.02. The monoisotopic (exact) mass is 231 g/mol. The summed E-state index contributed by atoms with van der Waals surface area (Å²) < 4.78 is 0.843. The molecule has 0 saturated heterocycles. The highest BCUT2D eigenvalue weighted by molar-refractivity contribution is 8.01. The predicted octanol–water partition coefficient (Wildman–Crippen LogP) is 1.55. The Bertz CT molecular complexity index is 264. The maximum atomic E-state index is 11.2. The van der Waals surface area contributed by atoms with E-state index in [0.29, 0.717) is 5.75 Å². The molecule has 0 aliphatic heterocycles. The van der Waals surface area contributed by atoms with Crippen molar-refractivity contribution >= 4 is 29.0 Å². The van der Waals surface area contributed by atoms with Gasteiger partial charge in [-0.25, -0.2) is 0 Å². The van der Waals surface area contributed by atoms with Gasteiger partial charge in [-0.1, -0.05) is 36.4 Å². The van der Waals surface area contributed by atoms with E-state index < -0.39 is 0 Å². The molecule has 0 aliphatic carbocycles. The van der Waals surface area contributed by atoms with Gasteiger partial charge in [0.2, 0.25) is 5.91 Å². The number of unbranched alkanes of at least 4 members (excludes halogenated alkanes) is 1. The summed E-state index contributed by atoms with van der Waals surface area (Å²) in [5.74, 6) is 0.498. The number of nitrogens with one attached hydrogen (secondary N) is 1. The summed E-state index contributed by atoms with van der Waals surface area (Å²) in [5.41, 5.74) is 1.66. The second kappa shape index (κ2) is 6.78. The highest BCUT2D eigenvalue weighted by Gasteiger charge is 2.03. The Morgan fingerprint density at radius 2 is 2.57 bits per heavy atom. The topological polar surface area (TPSA) is 54.9 Å². The van der Waals surface area contributed by atoms with Crippen LogP contribution in [0.3, 0.4) is 0 Å². The number of carbonyl (C=O) groups is 1. The van der Waals surface area contributed by atoms with Crippen LogP contribution < -0.4 is 5.32 Å². The maximum Gasteiger partial charge on any atom is 0.230 e. The fourth-order valence-electron chi connectivity index (χ4n) is 0.809. The third-order valence-corrected chi connectivity index (χ3v) is 3.38. The lowest BCUT2D eigenvalue weighted by Crippen LogP contribution is -2.25. The molecule has 0 spiro atoms. The molecule has 0 fully saturated rings. The number of nitrogens with zero attached hydrogens (tertiary/aromatic N) is 2. The van der Waals surface area contributed by atoms with Crippen LogP contribution in [0.25, 0.3) is 0 Å². The zero-order valence-corrected chi connectivity index (χ0v) is 9.66. The Hall–Kier alpha value is -0.620. The molecule has 0 aliphatic rings. The second-order valence-corrected chi connectivity index (χ2v) is 4.75. The molecular formula is C8H13N3OS2. The van der Waals surface area contributed by atoms with E-state index in [2.05, 4.69) is 22.4 Å². The Labute approximate surface area is 91.5 Å². The van der Waals surface area contributed by atoms with Gasteiger partial charge in [0.15, 0.2) is 4.34 Å². The van der Waals surface area contributed by atoms with Gasteiger partial charge in [0.25, 0.3) is 0 Å². The average Bonchev–Trinajstić information content (AvgIpc) is 2.68. The molecule has 6 heteroatoms. The Morgan fingerprint density at radius 1 is 1.71 bits per heavy atom. The summed E-state index contributed by atoms with van der Waals surface area (Å²) in [6.07, 6.45) is 2.14. The summed E-state index contributed by atoms with van der Waals surface area (Å²) in [6.45, 7) is 2.87. The molecule has 1 heterocycles. The van der Waals surface area contributed by atoms with Crippen molar-refractivity contribution in [3.05, 3.63) is 5.51 Å². The third-order valence-electron chi connectivity index (χ3n) is 1.52. The molecule has 0 atom stereocenters. The number of amides is 1. The van der Waals surface area contributed by atoms with Gasteiger partial charge in [-0.3, -0.25) is 4.79 Å². The van der Waals surface area contributed by atoms with Crippen molar-refractivity contribution in [2.45, 2.75) is 24.1 Å². The molecule has 0 bridgehead atoms. The van der Waals surface area contributed by atoms with Gasteiger partial charge in [-0.2, -0.15) is 0 Å². The van der Waals surface area contributed by atoms with Gasteiger partial charge in [0, 0.05) is 6.54 Å². The van der Waals surface area contributed by atoms with Gasteiger partial charge in [0.1, 0.15) is 5.51 Å². The fourth-order valence-corrected chi connectivity index (χ4v) is 2.13. The molecule has 1 aromatic rings. The predicted molar refractivity (Wildman–Crippen MR) is 58.6 cm³/mol. The Balaban J connectivity index is 2.09. The number of carbonyl (C=O) groups excluding carboxylic acids is 1. The highest BCUT2D eigenvalue weighted by Crippen LogP contribution is 2.17. The van der Waals surface area contributed by atoms with Gasteiger partial charge in [0.05, 0.1) is 5.75 Å². The van der Waals surface area contributed by atoms with Crippen LogP contribution >= 0.6 is 23.1 Å². The summed E-state index contributed by atoms with van der Waals surface area (Å²) in [4.78, 5) is 11.2. The lowest BCUT2D eigenvalue weighted by Gasteiger charge is -2.01. The van der Waals surface area contributed by atoms with Crippen molar-refractivity contribution < 1.29 is 4.79 Å². The molecule has 0 radical (unpaired) electrons. The molecule has 14 heavy (non-hydrogen) atoms.